The van der Waals surface area contributed by atoms with Crippen molar-refractivity contribution in [3.8, 4) is 11.5 Å². The lowest BCUT2D eigenvalue weighted by molar-refractivity contribution is 0.0911. The maximum Gasteiger partial charge on any atom is 0.305 e. The van der Waals surface area contributed by atoms with Crippen LogP contribution in [0.15, 0.2) is 40.8 Å². The van der Waals surface area contributed by atoms with Gasteiger partial charge < -0.3 is 19.2 Å². The molecule has 1 amide bonds. The summed E-state index contributed by atoms with van der Waals surface area (Å²) in [6, 6.07) is 10.5. The van der Waals surface area contributed by atoms with Gasteiger partial charge in [-0.2, -0.15) is 0 Å². The van der Waals surface area contributed by atoms with Crippen LogP contribution in [0.2, 0.25) is 0 Å². The van der Waals surface area contributed by atoms with Gasteiger partial charge in [0.25, 0.3) is 0 Å². The number of thiocarbonyl (C=S) groups is 1. The summed E-state index contributed by atoms with van der Waals surface area (Å²) in [7, 11) is 1.60. The molecular formula is C18H23N3O4S. The molecule has 0 unspecified atom stereocenters. The Morgan fingerprint density at radius 3 is 2.46 bits per heavy atom. The van der Waals surface area contributed by atoms with Crippen molar-refractivity contribution >= 4 is 23.2 Å². The van der Waals surface area contributed by atoms with Crippen molar-refractivity contribution in [2.75, 3.05) is 13.7 Å². The maximum absolute atomic E-state index is 12.0. The van der Waals surface area contributed by atoms with Crippen molar-refractivity contribution < 1.29 is 18.7 Å². The summed E-state index contributed by atoms with van der Waals surface area (Å²) in [4.78, 5) is 12.0. The Morgan fingerprint density at radius 1 is 1.12 bits per heavy atom. The average Bonchev–Trinajstić information content (AvgIpc) is 3.12. The highest BCUT2D eigenvalue weighted by molar-refractivity contribution is 7.80. The molecule has 0 atom stereocenters. The first-order chi connectivity index (χ1) is 12.5. The molecule has 3 N–H and O–H groups in total. The van der Waals surface area contributed by atoms with E-state index in [-0.39, 0.29) is 12.4 Å². The van der Waals surface area contributed by atoms with E-state index in [4.69, 9.17) is 26.1 Å². The third-order valence-electron chi connectivity index (χ3n) is 3.29. The molecule has 0 bridgehead atoms. The number of hydrogen-bond donors (Lipinski definition) is 3. The van der Waals surface area contributed by atoms with E-state index in [1.807, 2.05) is 0 Å². The van der Waals surface area contributed by atoms with E-state index < -0.39 is 5.91 Å². The van der Waals surface area contributed by atoms with Crippen LogP contribution >= 0.6 is 12.2 Å². The number of benzene rings is 1. The summed E-state index contributed by atoms with van der Waals surface area (Å²) in [6.45, 7) is 5.05. The SMILES string of the molecule is COc1ccc(OCc2ccc(C(=O)NNC(=S)NCC(C)C)o2)cc1. The molecule has 0 saturated carbocycles. The molecule has 7 nitrogen and oxygen atoms in total. The maximum atomic E-state index is 12.0. The normalized spacial score (nSPS) is 10.3. The number of methoxy groups -OCH3 is 1. The highest BCUT2D eigenvalue weighted by Crippen LogP contribution is 2.18. The zero-order chi connectivity index (χ0) is 18.9. The number of amides is 1. The second-order valence-electron chi connectivity index (χ2n) is 5.91. The van der Waals surface area contributed by atoms with Crippen LogP contribution in [-0.4, -0.2) is 24.7 Å². The number of carbonyl (C=O) groups is 1. The van der Waals surface area contributed by atoms with Crippen molar-refractivity contribution in [3.63, 3.8) is 0 Å². The zero-order valence-corrected chi connectivity index (χ0v) is 15.8. The third-order valence-corrected chi connectivity index (χ3v) is 3.53. The van der Waals surface area contributed by atoms with Crippen LogP contribution in [0, 0.1) is 5.92 Å². The van der Waals surface area contributed by atoms with E-state index in [9.17, 15) is 4.79 Å². The first-order valence-electron chi connectivity index (χ1n) is 8.17. The Labute approximate surface area is 158 Å². The molecule has 0 spiro atoms. The standard InChI is InChI=1S/C18H23N3O4S/c1-12(2)10-19-18(26)21-20-17(22)16-9-8-15(25-16)11-24-14-6-4-13(23-3)5-7-14/h4-9,12H,10-11H2,1-3H3,(H,20,22)(H2,19,21,26). The van der Waals surface area contributed by atoms with Gasteiger partial charge in [-0.15, -0.1) is 0 Å². The van der Waals surface area contributed by atoms with Crippen LogP contribution in [0.3, 0.4) is 0 Å². The van der Waals surface area contributed by atoms with Crippen molar-refractivity contribution in [2.24, 2.45) is 5.92 Å². The van der Waals surface area contributed by atoms with E-state index in [1.165, 1.54) is 0 Å². The van der Waals surface area contributed by atoms with Gasteiger partial charge in [0.2, 0.25) is 0 Å². The number of ether oxygens (including phenoxy) is 2. The van der Waals surface area contributed by atoms with E-state index >= 15 is 0 Å². The number of hydrazine groups is 1. The lowest BCUT2D eigenvalue weighted by atomic mass is 10.2. The van der Waals surface area contributed by atoms with Gasteiger partial charge in [0, 0.05) is 6.54 Å². The molecular weight excluding hydrogens is 354 g/mol. The second kappa shape index (κ2) is 9.67. The Balaban J connectivity index is 1.78. The summed E-state index contributed by atoms with van der Waals surface area (Å²) < 4.78 is 16.2. The zero-order valence-electron chi connectivity index (χ0n) is 15.0. The lowest BCUT2D eigenvalue weighted by Gasteiger charge is -2.12. The number of hydrogen-bond acceptors (Lipinski definition) is 5. The van der Waals surface area contributed by atoms with E-state index in [2.05, 4.69) is 30.0 Å². The number of rotatable bonds is 7. The third kappa shape index (κ3) is 6.29. The van der Waals surface area contributed by atoms with Gasteiger partial charge in [0.15, 0.2) is 10.9 Å². The van der Waals surface area contributed by atoms with Crippen LogP contribution in [0.25, 0.3) is 0 Å². The van der Waals surface area contributed by atoms with Gasteiger partial charge in [-0.3, -0.25) is 15.6 Å². The van der Waals surface area contributed by atoms with Crippen molar-refractivity contribution in [3.05, 3.63) is 47.9 Å². The second-order valence-corrected chi connectivity index (χ2v) is 6.32. The Hall–Kier alpha value is -2.74. The topological polar surface area (TPSA) is 84.8 Å². The molecule has 1 aromatic heterocycles. The van der Waals surface area contributed by atoms with Crippen molar-refractivity contribution in [1.82, 2.24) is 16.2 Å². The quantitative estimate of drug-likeness (QED) is 0.505. The van der Waals surface area contributed by atoms with Crippen LogP contribution in [-0.2, 0) is 6.61 Å². The molecule has 1 aromatic carbocycles. The molecule has 2 aromatic rings. The minimum absolute atomic E-state index is 0.164. The number of carbonyl (C=O) groups excluding carboxylic acids is 1. The van der Waals surface area contributed by atoms with Crippen molar-refractivity contribution in [2.45, 2.75) is 20.5 Å². The van der Waals surface area contributed by atoms with Gasteiger partial charge in [-0.25, -0.2) is 0 Å². The van der Waals surface area contributed by atoms with Crippen LogP contribution in [0.5, 0.6) is 11.5 Å². The summed E-state index contributed by atoms with van der Waals surface area (Å²) in [5.41, 5.74) is 5.11. The van der Waals surface area contributed by atoms with E-state index in [0.717, 1.165) is 12.3 Å². The molecule has 0 fully saturated rings. The summed E-state index contributed by atoms with van der Waals surface area (Å²) in [6.07, 6.45) is 0. The minimum Gasteiger partial charge on any atom is -0.497 e. The molecule has 0 radical (unpaired) electrons. The highest BCUT2D eigenvalue weighted by atomic mass is 32.1. The molecule has 140 valence electrons. The van der Waals surface area contributed by atoms with Crippen LogP contribution in [0.4, 0.5) is 0 Å². The molecule has 0 aliphatic rings. The van der Waals surface area contributed by atoms with E-state index in [1.54, 1.807) is 43.5 Å². The summed E-state index contributed by atoms with van der Waals surface area (Å²) in [5.74, 6) is 2.15. The Kier molecular flexibility index (Phi) is 7.28. The molecule has 2 rings (SSSR count). The van der Waals surface area contributed by atoms with Gasteiger partial charge in [-0.1, -0.05) is 13.8 Å². The predicted molar refractivity (Wildman–Crippen MR) is 102 cm³/mol. The lowest BCUT2D eigenvalue weighted by Crippen LogP contribution is -2.47. The van der Waals surface area contributed by atoms with E-state index in [0.29, 0.717) is 22.5 Å². The first-order valence-corrected chi connectivity index (χ1v) is 8.58. The van der Waals surface area contributed by atoms with Crippen molar-refractivity contribution in [1.29, 1.82) is 0 Å². The highest BCUT2D eigenvalue weighted by Gasteiger charge is 2.12. The predicted octanol–water partition coefficient (Wildman–Crippen LogP) is 2.63. The molecule has 0 aliphatic carbocycles. The monoisotopic (exact) mass is 377 g/mol. The Bertz CT molecular complexity index is 728. The average molecular weight is 377 g/mol. The van der Waals surface area contributed by atoms with Gasteiger partial charge in [-0.05, 0) is 54.5 Å². The number of furan rings is 1. The molecule has 0 aliphatic heterocycles. The molecule has 26 heavy (non-hydrogen) atoms. The molecule has 1 heterocycles. The first kappa shape index (κ1) is 19.6. The molecule has 0 saturated heterocycles. The fraction of sp³-hybridized carbons (Fsp3) is 0.333. The van der Waals surface area contributed by atoms with Gasteiger partial charge in [0.1, 0.15) is 23.9 Å². The fourth-order valence-corrected chi connectivity index (χ4v) is 2.05. The van der Waals surface area contributed by atoms with Crippen LogP contribution < -0.4 is 25.6 Å². The minimum atomic E-state index is -0.422. The number of nitrogens with one attached hydrogen (secondary N) is 3. The molecule has 8 heteroatoms. The van der Waals surface area contributed by atoms with Gasteiger partial charge >= 0.3 is 5.91 Å². The smallest absolute Gasteiger partial charge is 0.305 e. The summed E-state index contributed by atoms with van der Waals surface area (Å²) >= 11 is 5.06. The van der Waals surface area contributed by atoms with Gasteiger partial charge in [0.05, 0.1) is 7.11 Å². The summed E-state index contributed by atoms with van der Waals surface area (Å²) in [5, 5.41) is 3.34. The van der Waals surface area contributed by atoms with Crippen LogP contribution in [0.1, 0.15) is 30.2 Å². The largest absolute Gasteiger partial charge is 0.497 e. The Morgan fingerprint density at radius 2 is 1.81 bits per heavy atom. The fourth-order valence-electron chi connectivity index (χ4n) is 1.92.